The van der Waals surface area contributed by atoms with Crippen molar-refractivity contribution >= 4 is 15.7 Å². The molecule has 0 saturated heterocycles. The molecule has 2 rings (SSSR count). The summed E-state index contributed by atoms with van der Waals surface area (Å²) < 4.78 is 64.1. The minimum Gasteiger partial charge on any atom is -0.508 e. The van der Waals surface area contributed by atoms with E-state index in [1.807, 2.05) is 4.72 Å². The van der Waals surface area contributed by atoms with Crippen molar-refractivity contribution in [1.82, 2.24) is 9.78 Å². The van der Waals surface area contributed by atoms with Crippen molar-refractivity contribution in [3.63, 3.8) is 0 Å². The lowest BCUT2D eigenvalue weighted by atomic mass is 10.3. The fourth-order valence-corrected chi connectivity index (χ4v) is 2.56. The molecule has 0 bridgehead atoms. The summed E-state index contributed by atoms with van der Waals surface area (Å²) in [5.41, 5.74) is -0.200. The number of sulfonamides is 1. The summed E-state index contributed by atoms with van der Waals surface area (Å²) in [5, 5.41) is 12.7. The van der Waals surface area contributed by atoms with E-state index in [1.165, 1.54) is 0 Å². The smallest absolute Gasteiger partial charge is 0.265 e. The van der Waals surface area contributed by atoms with E-state index in [-0.39, 0.29) is 10.6 Å². The van der Waals surface area contributed by atoms with Crippen LogP contribution in [0.4, 0.5) is 18.9 Å². The molecule has 0 saturated carbocycles. The molecular weight excluding hydrogens is 311 g/mol. The second kappa shape index (κ2) is 5.64. The first-order valence-corrected chi connectivity index (χ1v) is 7.07. The van der Waals surface area contributed by atoms with Crippen molar-refractivity contribution in [3.8, 4) is 5.75 Å². The highest BCUT2D eigenvalue weighted by molar-refractivity contribution is 7.92. The number of phenolic OH excluding ortho intramolecular Hbond substituents is 1. The van der Waals surface area contributed by atoms with Gasteiger partial charge in [-0.15, -0.1) is 0 Å². The van der Waals surface area contributed by atoms with Gasteiger partial charge in [0.05, 0.1) is 11.9 Å². The van der Waals surface area contributed by atoms with E-state index < -0.39 is 34.6 Å². The molecule has 1 heterocycles. The molecule has 1 aromatic heterocycles. The molecular formula is C11H10F3N3O3S. The average Bonchev–Trinajstić information content (AvgIpc) is 2.74. The van der Waals surface area contributed by atoms with Gasteiger partial charge in [-0.1, -0.05) is 0 Å². The van der Waals surface area contributed by atoms with Crippen molar-refractivity contribution in [2.75, 3.05) is 4.72 Å². The van der Waals surface area contributed by atoms with Gasteiger partial charge in [-0.25, -0.2) is 21.6 Å². The summed E-state index contributed by atoms with van der Waals surface area (Å²) in [6, 6.07) is 2.67. The summed E-state index contributed by atoms with van der Waals surface area (Å²) in [6.45, 7) is -0.740. The number of nitrogens with zero attached hydrogens (tertiary/aromatic N) is 2. The zero-order chi connectivity index (χ0) is 15.6. The summed E-state index contributed by atoms with van der Waals surface area (Å²) >= 11 is 0. The van der Waals surface area contributed by atoms with Gasteiger partial charge in [0.1, 0.15) is 23.0 Å². The van der Waals surface area contributed by atoms with E-state index in [2.05, 4.69) is 5.10 Å². The van der Waals surface area contributed by atoms with Crippen LogP contribution in [0.15, 0.2) is 35.5 Å². The van der Waals surface area contributed by atoms with E-state index in [0.29, 0.717) is 0 Å². The van der Waals surface area contributed by atoms with Crippen LogP contribution >= 0.6 is 0 Å². The highest BCUT2D eigenvalue weighted by Gasteiger charge is 2.18. The van der Waals surface area contributed by atoms with Crippen LogP contribution in [0.1, 0.15) is 0 Å². The van der Waals surface area contributed by atoms with Crippen LogP contribution in [0.2, 0.25) is 0 Å². The predicted molar refractivity (Wildman–Crippen MR) is 67.1 cm³/mol. The lowest BCUT2D eigenvalue weighted by Crippen LogP contribution is -2.12. The standard InChI is InChI=1S/C11H10F3N3O3S/c12-7-1-8(3-9(18)2-7)16-21(19,20)10-4-15-17(5-10)6-11(13)14/h1-5,11,16,18H,6H2. The molecule has 21 heavy (non-hydrogen) atoms. The minimum atomic E-state index is -4.12. The molecule has 10 heteroatoms. The third kappa shape index (κ3) is 3.88. The molecule has 0 atom stereocenters. The maximum atomic E-state index is 13.1. The topological polar surface area (TPSA) is 84.2 Å². The number of aromatic nitrogens is 2. The van der Waals surface area contributed by atoms with Crippen molar-refractivity contribution in [2.45, 2.75) is 17.9 Å². The van der Waals surface area contributed by atoms with Crippen molar-refractivity contribution in [3.05, 3.63) is 36.4 Å². The molecule has 6 nitrogen and oxygen atoms in total. The van der Waals surface area contributed by atoms with E-state index in [0.717, 1.165) is 35.3 Å². The third-order valence-corrected chi connectivity index (χ3v) is 3.72. The Morgan fingerprint density at radius 1 is 1.33 bits per heavy atom. The number of rotatable bonds is 5. The molecule has 0 amide bonds. The second-order valence-corrected chi connectivity index (χ2v) is 5.78. The number of halogens is 3. The maximum Gasteiger partial charge on any atom is 0.265 e. The zero-order valence-corrected chi connectivity index (χ0v) is 11.2. The Morgan fingerprint density at radius 2 is 2.05 bits per heavy atom. The second-order valence-electron chi connectivity index (χ2n) is 4.09. The van der Waals surface area contributed by atoms with E-state index in [9.17, 15) is 26.7 Å². The summed E-state index contributed by atoms with van der Waals surface area (Å²) in [4.78, 5) is -0.355. The lowest BCUT2D eigenvalue weighted by molar-refractivity contribution is 0.121. The minimum absolute atomic E-state index is 0.200. The van der Waals surface area contributed by atoms with Gasteiger partial charge in [0.15, 0.2) is 0 Å². The summed E-state index contributed by atoms with van der Waals surface area (Å²) in [6.07, 6.45) is -0.856. The summed E-state index contributed by atoms with van der Waals surface area (Å²) in [7, 11) is -4.12. The molecule has 2 N–H and O–H groups in total. The van der Waals surface area contributed by atoms with Gasteiger partial charge in [0, 0.05) is 18.3 Å². The third-order valence-electron chi connectivity index (χ3n) is 2.38. The Morgan fingerprint density at radius 3 is 2.67 bits per heavy atom. The normalized spacial score (nSPS) is 11.8. The first-order valence-electron chi connectivity index (χ1n) is 5.59. The molecule has 1 aromatic carbocycles. The SMILES string of the molecule is O=S(=O)(Nc1cc(O)cc(F)c1)c1cnn(CC(F)F)c1. The number of benzene rings is 1. The molecule has 0 fully saturated rings. The summed E-state index contributed by atoms with van der Waals surface area (Å²) in [5.74, 6) is -1.29. The largest absolute Gasteiger partial charge is 0.508 e. The maximum absolute atomic E-state index is 13.1. The van der Waals surface area contributed by atoms with Crippen LogP contribution < -0.4 is 4.72 Å². The lowest BCUT2D eigenvalue weighted by Gasteiger charge is -2.06. The fourth-order valence-electron chi connectivity index (χ4n) is 1.57. The number of phenols is 1. The van der Waals surface area contributed by atoms with Gasteiger partial charge in [-0.2, -0.15) is 5.10 Å². The average molecular weight is 321 g/mol. The van der Waals surface area contributed by atoms with Crippen LogP contribution in [-0.2, 0) is 16.6 Å². The van der Waals surface area contributed by atoms with Crippen LogP contribution in [0.5, 0.6) is 5.75 Å². The highest BCUT2D eigenvalue weighted by atomic mass is 32.2. The van der Waals surface area contributed by atoms with Gasteiger partial charge in [-0.3, -0.25) is 9.40 Å². The Hall–Kier alpha value is -2.23. The molecule has 0 unspecified atom stereocenters. The number of nitrogens with one attached hydrogen (secondary N) is 1. The molecule has 0 aliphatic heterocycles. The van der Waals surface area contributed by atoms with Crippen LogP contribution in [0, 0.1) is 5.82 Å². The van der Waals surface area contributed by atoms with Gasteiger partial charge in [-0.05, 0) is 6.07 Å². The first-order chi connectivity index (χ1) is 9.76. The predicted octanol–water partition coefficient (Wildman–Crippen LogP) is 1.79. The van der Waals surface area contributed by atoms with E-state index >= 15 is 0 Å². The Bertz CT molecular complexity index is 726. The molecule has 0 aliphatic rings. The zero-order valence-electron chi connectivity index (χ0n) is 10.4. The number of hydrogen-bond donors (Lipinski definition) is 2. The Kier molecular flexibility index (Phi) is 4.07. The van der Waals surface area contributed by atoms with Gasteiger partial charge >= 0.3 is 0 Å². The molecule has 0 aliphatic carbocycles. The monoisotopic (exact) mass is 321 g/mol. The van der Waals surface area contributed by atoms with E-state index in [1.54, 1.807) is 0 Å². The number of alkyl halides is 2. The Balaban J connectivity index is 2.23. The number of aromatic hydroxyl groups is 1. The Labute approximate surface area is 117 Å². The van der Waals surface area contributed by atoms with Crippen molar-refractivity contribution in [1.29, 1.82) is 0 Å². The van der Waals surface area contributed by atoms with Crippen molar-refractivity contribution in [2.24, 2.45) is 0 Å². The van der Waals surface area contributed by atoms with Crippen LogP contribution in [0.3, 0.4) is 0 Å². The van der Waals surface area contributed by atoms with Crippen LogP contribution in [-0.4, -0.2) is 29.7 Å². The number of hydrogen-bond acceptors (Lipinski definition) is 4. The quantitative estimate of drug-likeness (QED) is 0.879. The first kappa shape index (κ1) is 15.2. The highest BCUT2D eigenvalue weighted by Crippen LogP contribution is 2.21. The van der Waals surface area contributed by atoms with Gasteiger partial charge in [0.25, 0.3) is 16.4 Å². The molecule has 0 spiro atoms. The van der Waals surface area contributed by atoms with E-state index in [4.69, 9.17) is 0 Å². The molecule has 114 valence electrons. The molecule has 2 aromatic rings. The van der Waals surface area contributed by atoms with Crippen molar-refractivity contribution < 1.29 is 26.7 Å². The van der Waals surface area contributed by atoms with Gasteiger partial charge < -0.3 is 5.11 Å². The van der Waals surface area contributed by atoms with Crippen LogP contribution in [0.25, 0.3) is 0 Å². The fraction of sp³-hybridized carbons (Fsp3) is 0.182. The molecule has 0 radical (unpaired) electrons. The van der Waals surface area contributed by atoms with Gasteiger partial charge in [0.2, 0.25) is 0 Å². The number of anilines is 1.